The van der Waals surface area contributed by atoms with Crippen molar-refractivity contribution in [1.29, 1.82) is 0 Å². The number of carbonyl (C=O) groups excluding carboxylic acids is 1. The van der Waals surface area contributed by atoms with Gasteiger partial charge in [0.15, 0.2) is 17.5 Å². The molecule has 0 unspecified atom stereocenters. The van der Waals surface area contributed by atoms with Crippen LogP contribution < -0.4 is 0 Å². The van der Waals surface area contributed by atoms with Gasteiger partial charge in [-0.05, 0) is 18.4 Å². The number of esters is 1. The van der Waals surface area contributed by atoms with E-state index in [1.54, 1.807) is 0 Å². The Morgan fingerprint density at radius 2 is 1.65 bits per heavy atom. The van der Waals surface area contributed by atoms with Gasteiger partial charge in [-0.15, -0.1) is 0 Å². The second-order valence-corrected chi connectivity index (χ2v) is 11.4. The normalized spacial score (nSPS) is 27.5. The van der Waals surface area contributed by atoms with Gasteiger partial charge in [0.1, 0.15) is 18.8 Å². The van der Waals surface area contributed by atoms with E-state index < -0.39 is 11.6 Å². The maximum atomic E-state index is 13.8. The first-order valence-corrected chi connectivity index (χ1v) is 13.9. The number of aliphatic hydroxyl groups is 1. The van der Waals surface area contributed by atoms with Gasteiger partial charge in [0.25, 0.3) is 0 Å². The quantitative estimate of drug-likeness (QED) is 0.344. The van der Waals surface area contributed by atoms with E-state index >= 15 is 0 Å². The molecule has 4 heterocycles. The summed E-state index contributed by atoms with van der Waals surface area (Å²) in [6, 6.07) is 21.5. The number of nitrogens with zero attached hydrogens (tertiary/aromatic N) is 2. The maximum absolute atomic E-state index is 13.8. The number of fused-ring (bicyclic) bond motifs is 3. The maximum Gasteiger partial charge on any atom is 0.343 e. The lowest BCUT2D eigenvalue weighted by molar-refractivity contribution is -0.958. The van der Waals surface area contributed by atoms with Crippen molar-refractivity contribution in [2.45, 2.75) is 63.2 Å². The third-order valence-corrected chi connectivity index (χ3v) is 9.14. The summed E-state index contributed by atoms with van der Waals surface area (Å²) in [7, 11) is 0. The van der Waals surface area contributed by atoms with Crippen LogP contribution in [-0.4, -0.2) is 46.5 Å². The van der Waals surface area contributed by atoms with Gasteiger partial charge < -0.3 is 18.8 Å². The molecule has 37 heavy (non-hydrogen) atoms. The van der Waals surface area contributed by atoms with Crippen molar-refractivity contribution in [3.63, 3.8) is 0 Å². The van der Waals surface area contributed by atoms with Gasteiger partial charge in [-0.25, -0.2) is 4.79 Å². The van der Waals surface area contributed by atoms with E-state index in [0.29, 0.717) is 11.5 Å². The molecule has 1 saturated carbocycles. The minimum Gasteiger partial charge on any atom is -0.454 e. The number of carbonyl (C=O) groups is 1. The Bertz CT molecular complexity index is 1200. The van der Waals surface area contributed by atoms with Gasteiger partial charge in [0, 0.05) is 36.3 Å². The summed E-state index contributed by atoms with van der Waals surface area (Å²) in [5, 5.41) is 16.4. The van der Waals surface area contributed by atoms with E-state index in [1.807, 2.05) is 66.7 Å². The molecular weight excluding hydrogens is 464 g/mol. The lowest BCUT2D eigenvalue weighted by Gasteiger charge is -2.52. The lowest BCUT2D eigenvalue weighted by Crippen LogP contribution is -2.64. The average molecular weight is 502 g/mol. The Morgan fingerprint density at radius 3 is 2.35 bits per heavy atom. The van der Waals surface area contributed by atoms with Crippen molar-refractivity contribution in [2.75, 3.05) is 19.6 Å². The smallest absolute Gasteiger partial charge is 0.343 e. The predicted octanol–water partition coefficient (Wildman–Crippen LogP) is 5.46. The summed E-state index contributed by atoms with van der Waals surface area (Å²) >= 11 is 0. The SMILES string of the molecule is O=C(O[C@H]1C[N+]2(Cc3cc(-c4ccccc4)on3)CCC1CC2)[C@](O)(c1ccccc1)C1CCCCC1. The monoisotopic (exact) mass is 501 g/mol. The summed E-state index contributed by atoms with van der Waals surface area (Å²) in [6.07, 6.45) is 6.81. The van der Waals surface area contributed by atoms with Crippen LogP contribution in [0.2, 0.25) is 0 Å². The molecule has 194 valence electrons. The zero-order valence-electron chi connectivity index (χ0n) is 21.4. The van der Waals surface area contributed by atoms with E-state index in [1.165, 1.54) is 0 Å². The third kappa shape index (κ3) is 4.73. The molecule has 7 rings (SSSR count). The second kappa shape index (κ2) is 10.1. The number of quaternary nitrogens is 1. The Morgan fingerprint density at radius 1 is 0.973 bits per heavy atom. The van der Waals surface area contributed by atoms with Crippen LogP contribution in [0.5, 0.6) is 0 Å². The molecule has 2 aromatic carbocycles. The Balaban J connectivity index is 1.20. The summed E-state index contributed by atoms with van der Waals surface area (Å²) < 4.78 is 12.8. The van der Waals surface area contributed by atoms with Gasteiger partial charge in [0.2, 0.25) is 0 Å². The number of ether oxygens (including phenoxy) is 1. The molecule has 6 nitrogen and oxygen atoms in total. The molecule has 0 spiro atoms. The molecule has 4 aliphatic rings. The van der Waals surface area contributed by atoms with Crippen LogP contribution in [0, 0.1) is 11.8 Å². The topological polar surface area (TPSA) is 72.6 Å². The third-order valence-electron chi connectivity index (χ3n) is 9.14. The molecule has 3 saturated heterocycles. The largest absolute Gasteiger partial charge is 0.454 e. The number of benzene rings is 2. The predicted molar refractivity (Wildman–Crippen MR) is 140 cm³/mol. The van der Waals surface area contributed by atoms with E-state index in [-0.39, 0.29) is 12.0 Å². The van der Waals surface area contributed by atoms with Crippen LogP contribution in [0.25, 0.3) is 11.3 Å². The number of hydrogen-bond acceptors (Lipinski definition) is 5. The zero-order valence-corrected chi connectivity index (χ0v) is 21.4. The first-order valence-electron chi connectivity index (χ1n) is 13.9. The van der Waals surface area contributed by atoms with Crippen molar-refractivity contribution >= 4 is 5.97 Å². The standard InChI is InChI=1S/C31H37N2O4/c34-30(31(35,25-12-6-2-7-13-25)26-14-8-3-9-15-26)36-29-22-33(18-16-24(29)17-19-33)21-27-20-28(37-32-27)23-10-4-1-5-11-23/h1-2,4-7,10-13,20,24,26,29,35H,3,8-9,14-19,21-22H2/q+1/t24?,29-,31-,33?/m0/s1. The zero-order chi connectivity index (χ0) is 25.3. The molecule has 3 aliphatic heterocycles. The van der Waals surface area contributed by atoms with Crippen molar-refractivity contribution in [2.24, 2.45) is 11.8 Å². The molecule has 4 fully saturated rings. The van der Waals surface area contributed by atoms with Gasteiger partial charge in [-0.2, -0.15) is 0 Å². The fourth-order valence-electron chi connectivity index (χ4n) is 7.01. The van der Waals surface area contributed by atoms with Crippen molar-refractivity contribution in [3.8, 4) is 11.3 Å². The first-order chi connectivity index (χ1) is 18.1. The highest BCUT2D eigenvalue weighted by Gasteiger charge is 2.52. The van der Waals surface area contributed by atoms with Crippen LogP contribution >= 0.6 is 0 Å². The number of hydrogen-bond donors (Lipinski definition) is 1. The summed E-state index contributed by atoms with van der Waals surface area (Å²) in [4.78, 5) is 13.8. The summed E-state index contributed by atoms with van der Waals surface area (Å²) in [5.74, 6) is 0.568. The molecule has 3 aromatic rings. The van der Waals surface area contributed by atoms with Gasteiger partial charge in [-0.3, -0.25) is 0 Å². The van der Waals surface area contributed by atoms with Crippen molar-refractivity contribution in [3.05, 3.63) is 78.0 Å². The van der Waals surface area contributed by atoms with E-state index in [0.717, 1.165) is 92.6 Å². The fraction of sp³-hybridized carbons (Fsp3) is 0.484. The highest BCUT2D eigenvalue weighted by atomic mass is 16.6. The molecular formula is C31H37N2O4+. The minimum atomic E-state index is -1.59. The van der Waals surface area contributed by atoms with Gasteiger partial charge >= 0.3 is 5.97 Å². The van der Waals surface area contributed by atoms with Gasteiger partial charge in [0.05, 0.1) is 13.1 Å². The van der Waals surface area contributed by atoms with Gasteiger partial charge in [-0.1, -0.05) is 85.1 Å². The first kappa shape index (κ1) is 24.4. The number of piperidine rings is 3. The van der Waals surface area contributed by atoms with E-state index in [9.17, 15) is 9.90 Å². The van der Waals surface area contributed by atoms with E-state index in [2.05, 4.69) is 5.16 Å². The number of aromatic nitrogens is 1. The van der Waals surface area contributed by atoms with Crippen LogP contribution in [0.1, 0.15) is 56.2 Å². The minimum absolute atomic E-state index is 0.105. The van der Waals surface area contributed by atoms with Crippen LogP contribution in [0.15, 0.2) is 71.3 Å². The Kier molecular flexibility index (Phi) is 6.63. The van der Waals surface area contributed by atoms with E-state index in [4.69, 9.17) is 9.26 Å². The molecule has 1 aliphatic carbocycles. The number of rotatable bonds is 7. The molecule has 1 aromatic heterocycles. The van der Waals surface area contributed by atoms with Crippen LogP contribution in [0.3, 0.4) is 0 Å². The Labute approximate surface area is 218 Å². The Hall–Kier alpha value is -2.96. The van der Waals surface area contributed by atoms with Crippen LogP contribution in [-0.2, 0) is 21.7 Å². The fourth-order valence-corrected chi connectivity index (χ4v) is 7.01. The summed E-state index contributed by atoms with van der Waals surface area (Å²) in [5.41, 5.74) is 1.03. The lowest BCUT2D eigenvalue weighted by atomic mass is 9.73. The van der Waals surface area contributed by atoms with Crippen LogP contribution in [0.4, 0.5) is 0 Å². The highest BCUT2D eigenvalue weighted by Crippen LogP contribution is 2.43. The molecule has 2 bridgehead atoms. The van der Waals surface area contributed by atoms with Crippen molar-refractivity contribution < 1.29 is 23.6 Å². The molecule has 1 N–H and O–H groups in total. The molecule has 2 atom stereocenters. The summed E-state index contributed by atoms with van der Waals surface area (Å²) in [6.45, 7) is 3.64. The molecule has 0 amide bonds. The highest BCUT2D eigenvalue weighted by molar-refractivity contribution is 5.81. The second-order valence-electron chi connectivity index (χ2n) is 11.4. The average Bonchev–Trinajstić information content (AvgIpc) is 3.42. The van der Waals surface area contributed by atoms with Crippen molar-refractivity contribution in [1.82, 2.24) is 5.16 Å². The molecule has 6 heteroatoms. The molecule has 0 radical (unpaired) electrons.